The summed E-state index contributed by atoms with van der Waals surface area (Å²) in [6, 6.07) is 1.09. The third-order valence-electron chi connectivity index (χ3n) is 1.53. The molecule has 0 saturated heterocycles. The Bertz CT molecular complexity index is 295. The van der Waals surface area contributed by atoms with Crippen LogP contribution in [0, 0.1) is 0 Å². The number of carbonyl (C=O) groups excluding carboxylic acids is 1. The minimum Gasteiger partial charge on any atom is -0.394 e. The van der Waals surface area contributed by atoms with Crippen molar-refractivity contribution >= 4 is 11.8 Å². The van der Waals surface area contributed by atoms with Crippen LogP contribution in [0.25, 0.3) is 0 Å². The summed E-state index contributed by atoms with van der Waals surface area (Å²) >= 11 is 0. The molecule has 6 heteroatoms. The third kappa shape index (κ3) is 3.06. The van der Waals surface area contributed by atoms with Gasteiger partial charge in [-0.2, -0.15) is 0 Å². The van der Waals surface area contributed by atoms with Crippen LogP contribution in [0.4, 0.5) is 10.6 Å². The molecule has 0 saturated carbocycles. The second-order valence-corrected chi connectivity index (χ2v) is 3.51. The molecule has 1 aromatic rings. The molecule has 0 radical (unpaired) electrons. The maximum atomic E-state index is 11.3. The molecule has 0 aliphatic heterocycles. The number of hydrogen-bond acceptors (Lipinski definition) is 4. The highest BCUT2D eigenvalue weighted by atomic mass is 16.5. The van der Waals surface area contributed by atoms with E-state index < -0.39 is 11.6 Å². The van der Waals surface area contributed by atoms with Crippen LogP contribution < -0.4 is 10.6 Å². The molecule has 0 atom stereocenters. The van der Waals surface area contributed by atoms with Crippen molar-refractivity contribution in [2.75, 3.05) is 11.9 Å². The zero-order valence-corrected chi connectivity index (χ0v) is 8.07. The summed E-state index contributed by atoms with van der Waals surface area (Å²) in [6.45, 7) is 3.27. The smallest absolute Gasteiger partial charge is 0.320 e. The van der Waals surface area contributed by atoms with Gasteiger partial charge in [-0.25, -0.2) is 4.79 Å². The molecular weight excluding hydrogens is 186 g/mol. The molecule has 3 N–H and O–H groups in total. The minimum atomic E-state index is -0.659. The van der Waals surface area contributed by atoms with Crippen molar-refractivity contribution in [3.05, 3.63) is 12.3 Å². The van der Waals surface area contributed by atoms with Crippen LogP contribution >= 0.6 is 0 Å². The van der Waals surface area contributed by atoms with Gasteiger partial charge in [-0.1, -0.05) is 5.16 Å². The molecule has 2 amide bonds. The Morgan fingerprint density at radius 1 is 1.71 bits per heavy atom. The second-order valence-electron chi connectivity index (χ2n) is 3.51. The fourth-order valence-corrected chi connectivity index (χ4v) is 0.771. The first-order valence-corrected chi connectivity index (χ1v) is 4.14. The summed E-state index contributed by atoms with van der Waals surface area (Å²) in [6.07, 6.45) is 1.35. The fourth-order valence-electron chi connectivity index (χ4n) is 0.771. The molecule has 6 nitrogen and oxygen atoms in total. The number of carbonyl (C=O) groups is 1. The first-order valence-electron chi connectivity index (χ1n) is 4.14. The van der Waals surface area contributed by atoms with Crippen molar-refractivity contribution in [2.24, 2.45) is 0 Å². The second kappa shape index (κ2) is 4.10. The van der Waals surface area contributed by atoms with Crippen LogP contribution in [0.2, 0.25) is 0 Å². The van der Waals surface area contributed by atoms with Gasteiger partial charge in [0.25, 0.3) is 0 Å². The van der Waals surface area contributed by atoms with E-state index in [0.29, 0.717) is 5.82 Å². The van der Waals surface area contributed by atoms with Gasteiger partial charge in [-0.3, -0.25) is 5.32 Å². The highest BCUT2D eigenvalue weighted by Crippen LogP contribution is 2.03. The van der Waals surface area contributed by atoms with Gasteiger partial charge in [0, 0.05) is 6.07 Å². The molecular formula is C8H13N3O3. The van der Waals surface area contributed by atoms with E-state index >= 15 is 0 Å². The van der Waals surface area contributed by atoms with E-state index in [1.807, 2.05) is 0 Å². The molecule has 0 fully saturated rings. The number of anilines is 1. The Morgan fingerprint density at radius 2 is 2.43 bits per heavy atom. The SMILES string of the molecule is CC(C)(CO)NC(=O)Nc1ccon1. The number of amides is 2. The minimum absolute atomic E-state index is 0.140. The van der Waals surface area contributed by atoms with Gasteiger partial charge in [0.05, 0.1) is 12.1 Å². The van der Waals surface area contributed by atoms with Gasteiger partial charge in [0.2, 0.25) is 0 Å². The van der Waals surface area contributed by atoms with Crippen molar-refractivity contribution in [3.63, 3.8) is 0 Å². The lowest BCUT2D eigenvalue weighted by molar-refractivity contribution is 0.187. The first-order chi connectivity index (χ1) is 6.53. The number of nitrogens with zero attached hydrogens (tertiary/aromatic N) is 1. The van der Waals surface area contributed by atoms with Crippen LogP contribution in [0.15, 0.2) is 16.9 Å². The topological polar surface area (TPSA) is 87.4 Å². The molecule has 1 heterocycles. The van der Waals surface area contributed by atoms with Crippen molar-refractivity contribution in [3.8, 4) is 0 Å². The fraction of sp³-hybridized carbons (Fsp3) is 0.500. The normalized spacial score (nSPS) is 11.1. The Morgan fingerprint density at radius 3 is 2.93 bits per heavy atom. The molecule has 14 heavy (non-hydrogen) atoms. The van der Waals surface area contributed by atoms with Crippen LogP contribution in [0.5, 0.6) is 0 Å². The van der Waals surface area contributed by atoms with E-state index in [2.05, 4.69) is 20.3 Å². The number of rotatable bonds is 3. The molecule has 0 bridgehead atoms. The molecule has 1 rings (SSSR count). The van der Waals surface area contributed by atoms with Gasteiger partial charge in [-0.15, -0.1) is 0 Å². The van der Waals surface area contributed by atoms with Crippen LogP contribution in [0.3, 0.4) is 0 Å². The summed E-state index contributed by atoms with van der Waals surface area (Å²) < 4.78 is 4.53. The van der Waals surface area contributed by atoms with Crippen molar-refractivity contribution < 1.29 is 14.4 Å². The van der Waals surface area contributed by atoms with Gasteiger partial charge in [0.1, 0.15) is 6.26 Å². The van der Waals surface area contributed by atoms with Crippen molar-refractivity contribution in [1.29, 1.82) is 0 Å². The van der Waals surface area contributed by atoms with Crippen LogP contribution in [-0.2, 0) is 0 Å². The predicted molar refractivity (Wildman–Crippen MR) is 49.8 cm³/mol. The Hall–Kier alpha value is -1.56. The molecule has 78 valence electrons. The predicted octanol–water partition coefficient (Wildman–Crippen LogP) is 0.567. The summed E-state index contributed by atoms with van der Waals surface area (Å²) in [5.41, 5.74) is -0.659. The summed E-state index contributed by atoms with van der Waals surface area (Å²) in [7, 11) is 0. The Kier molecular flexibility index (Phi) is 3.08. The highest BCUT2D eigenvalue weighted by molar-refractivity contribution is 5.88. The van der Waals surface area contributed by atoms with E-state index in [0.717, 1.165) is 0 Å². The number of hydrogen-bond donors (Lipinski definition) is 3. The lowest BCUT2D eigenvalue weighted by Gasteiger charge is -2.22. The van der Waals surface area contributed by atoms with Gasteiger partial charge < -0.3 is 14.9 Å². The molecule has 1 aromatic heterocycles. The lowest BCUT2D eigenvalue weighted by Crippen LogP contribution is -2.48. The summed E-state index contributed by atoms with van der Waals surface area (Å²) in [5, 5.41) is 17.4. The van der Waals surface area contributed by atoms with E-state index in [4.69, 9.17) is 5.11 Å². The summed E-state index contributed by atoms with van der Waals surface area (Å²) in [4.78, 5) is 11.3. The third-order valence-corrected chi connectivity index (χ3v) is 1.53. The number of aromatic nitrogens is 1. The molecule has 0 aliphatic carbocycles. The monoisotopic (exact) mass is 199 g/mol. The zero-order chi connectivity index (χ0) is 10.6. The quantitative estimate of drug-likeness (QED) is 0.664. The maximum absolute atomic E-state index is 11.3. The largest absolute Gasteiger partial charge is 0.394 e. The number of nitrogens with one attached hydrogen (secondary N) is 2. The van der Waals surface area contributed by atoms with Crippen LogP contribution in [-0.4, -0.2) is 28.4 Å². The van der Waals surface area contributed by atoms with E-state index in [9.17, 15) is 4.79 Å². The standard InChI is InChI=1S/C8H13N3O3/c1-8(2,5-12)10-7(13)9-6-3-4-14-11-6/h3-4,12H,5H2,1-2H3,(H2,9,10,11,13). The molecule has 0 spiro atoms. The molecule has 0 aliphatic rings. The lowest BCUT2D eigenvalue weighted by atomic mass is 10.1. The van der Waals surface area contributed by atoms with E-state index in [1.165, 1.54) is 12.3 Å². The average Bonchev–Trinajstić information content (AvgIpc) is 2.55. The first kappa shape index (κ1) is 10.5. The zero-order valence-electron chi connectivity index (χ0n) is 8.07. The Labute approximate surface area is 81.3 Å². The number of urea groups is 1. The average molecular weight is 199 g/mol. The van der Waals surface area contributed by atoms with Crippen molar-refractivity contribution in [1.82, 2.24) is 10.5 Å². The van der Waals surface area contributed by atoms with E-state index in [1.54, 1.807) is 13.8 Å². The Balaban J connectivity index is 2.44. The van der Waals surface area contributed by atoms with Gasteiger partial charge in [0.15, 0.2) is 5.82 Å². The van der Waals surface area contributed by atoms with Crippen molar-refractivity contribution in [2.45, 2.75) is 19.4 Å². The number of aliphatic hydroxyl groups excluding tert-OH is 1. The number of aliphatic hydroxyl groups is 1. The highest BCUT2D eigenvalue weighted by Gasteiger charge is 2.19. The molecule has 0 unspecified atom stereocenters. The van der Waals surface area contributed by atoms with Crippen LogP contribution in [0.1, 0.15) is 13.8 Å². The van der Waals surface area contributed by atoms with Gasteiger partial charge >= 0.3 is 6.03 Å². The molecule has 0 aromatic carbocycles. The maximum Gasteiger partial charge on any atom is 0.320 e. The van der Waals surface area contributed by atoms with Gasteiger partial charge in [-0.05, 0) is 13.8 Å². The summed E-state index contributed by atoms with van der Waals surface area (Å²) in [5.74, 6) is 0.330. The van der Waals surface area contributed by atoms with E-state index in [-0.39, 0.29) is 6.61 Å².